The van der Waals surface area contributed by atoms with E-state index >= 15 is 0 Å². The van der Waals surface area contributed by atoms with Crippen molar-refractivity contribution < 1.29 is 0 Å². The molecular weight excluding hydrogens is 300 g/mol. The van der Waals surface area contributed by atoms with E-state index in [4.69, 9.17) is 0 Å². The predicted molar refractivity (Wildman–Crippen MR) is 72.0 cm³/mol. The van der Waals surface area contributed by atoms with Crippen molar-refractivity contribution in [1.29, 1.82) is 0 Å². The quantitative estimate of drug-likeness (QED) is 0.941. The molecule has 0 bridgehead atoms. The van der Waals surface area contributed by atoms with Crippen LogP contribution in [0.4, 0.5) is 0 Å². The normalized spacial score (nSPS) is 10.8. The fourth-order valence-corrected chi connectivity index (χ4v) is 2.88. The van der Waals surface area contributed by atoms with Gasteiger partial charge in [0, 0.05) is 23.0 Å². The Morgan fingerprint density at radius 1 is 1.47 bits per heavy atom. The maximum absolute atomic E-state index is 4.22. The van der Waals surface area contributed by atoms with Crippen LogP contribution in [0.5, 0.6) is 0 Å². The molecule has 0 unspecified atom stereocenters. The molecule has 90 valence electrons. The number of hydrogen-bond acceptors (Lipinski definition) is 4. The molecule has 0 radical (unpaired) electrons. The second-order valence-corrected chi connectivity index (χ2v) is 5.48. The standard InChI is InChI=1S/C11H13BrN4S/c1-13-6-8-3-4-9(12)5-10(8)17-11-14-7-15-16(11)2/h3-5,7,13H,6H2,1-2H3. The van der Waals surface area contributed by atoms with Crippen molar-refractivity contribution in [1.82, 2.24) is 20.1 Å². The maximum atomic E-state index is 4.22. The van der Waals surface area contributed by atoms with Crippen LogP contribution in [0.25, 0.3) is 0 Å². The Kier molecular flexibility index (Phi) is 4.20. The summed E-state index contributed by atoms with van der Waals surface area (Å²) in [6, 6.07) is 6.26. The van der Waals surface area contributed by atoms with Gasteiger partial charge >= 0.3 is 0 Å². The van der Waals surface area contributed by atoms with E-state index in [1.165, 1.54) is 10.5 Å². The molecule has 0 aliphatic rings. The largest absolute Gasteiger partial charge is 0.316 e. The smallest absolute Gasteiger partial charge is 0.190 e. The Morgan fingerprint density at radius 2 is 2.29 bits per heavy atom. The van der Waals surface area contributed by atoms with E-state index in [0.29, 0.717) is 0 Å². The molecule has 2 aromatic rings. The Balaban J connectivity index is 2.30. The average Bonchev–Trinajstić information content (AvgIpc) is 2.69. The van der Waals surface area contributed by atoms with E-state index in [-0.39, 0.29) is 0 Å². The SMILES string of the molecule is CNCc1ccc(Br)cc1Sc1ncnn1C. The lowest BCUT2D eigenvalue weighted by atomic mass is 10.2. The van der Waals surface area contributed by atoms with Crippen molar-refractivity contribution in [2.24, 2.45) is 7.05 Å². The summed E-state index contributed by atoms with van der Waals surface area (Å²) in [7, 11) is 3.84. The summed E-state index contributed by atoms with van der Waals surface area (Å²) >= 11 is 5.11. The van der Waals surface area contributed by atoms with E-state index in [1.807, 2.05) is 20.2 Å². The number of nitrogens with one attached hydrogen (secondary N) is 1. The summed E-state index contributed by atoms with van der Waals surface area (Å²) in [5.41, 5.74) is 1.25. The van der Waals surface area contributed by atoms with Gasteiger partial charge in [0.2, 0.25) is 0 Å². The van der Waals surface area contributed by atoms with Crippen LogP contribution in [0, 0.1) is 0 Å². The number of aromatic nitrogens is 3. The molecule has 0 saturated carbocycles. The third-order valence-electron chi connectivity index (χ3n) is 2.27. The lowest BCUT2D eigenvalue weighted by Crippen LogP contribution is -2.06. The van der Waals surface area contributed by atoms with Gasteiger partial charge in [-0.3, -0.25) is 0 Å². The van der Waals surface area contributed by atoms with Crippen LogP contribution >= 0.6 is 27.7 Å². The van der Waals surface area contributed by atoms with Crippen LogP contribution in [0.15, 0.2) is 39.1 Å². The number of hydrogen-bond donors (Lipinski definition) is 1. The van der Waals surface area contributed by atoms with Crippen molar-refractivity contribution in [3.05, 3.63) is 34.6 Å². The van der Waals surface area contributed by atoms with E-state index in [9.17, 15) is 0 Å². The molecule has 6 heteroatoms. The number of aryl methyl sites for hydroxylation is 1. The zero-order valence-electron chi connectivity index (χ0n) is 9.64. The molecule has 4 nitrogen and oxygen atoms in total. The topological polar surface area (TPSA) is 42.7 Å². The zero-order chi connectivity index (χ0) is 12.3. The number of halogens is 1. The van der Waals surface area contributed by atoms with Gasteiger partial charge in [0.25, 0.3) is 0 Å². The Bertz CT molecular complexity index is 512. The molecule has 0 aliphatic carbocycles. The second kappa shape index (κ2) is 5.66. The molecule has 1 aromatic heterocycles. The summed E-state index contributed by atoms with van der Waals surface area (Å²) in [6.07, 6.45) is 1.57. The van der Waals surface area contributed by atoms with Crippen LogP contribution < -0.4 is 5.32 Å². The summed E-state index contributed by atoms with van der Waals surface area (Å²) < 4.78 is 2.84. The highest BCUT2D eigenvalue weighted by molar-refractivity contribution is 9.10. The third kappa shape index (κ3) is 3.08. The van der Waals surface area contributed by atoms with Crippen molar-refractivity contribution in [3.63, 3.8) is 0 Å². The minimum Gasteiger partial charge on any atom is -0.316 e. The second-order valence-electron chi connectivity index (χ2n) is 3.55. The zero-order valence-corrected chi connectivity index (χ0v) is 12.0. The first-order valence-corrected chi connectivity index (χ1v) is 6.76. The average molecular weight is 313 g/mol. The van der Waals surface area contributed by atoms with E-state index in [1.54, 1.807) is 22.8 Å². The number of rotatable bonds is 4. The molecule has 1 aromatic carbocycles. The van der Waals surface area contributed by atoms with Gasteiger partial charge in [0.05, 0.1) is 0 Å². The Hall–Kier alpha value is -0.850. The minimum atomic E-state index is 0.841. The highest BCUT2D eigenvalue weighted by Gasteiger charge is 2.08. The molecule has 1 heterocycles. The van der Waals surface area contributed by atoms with Gasteiger partial charge in [-0.15, -0.1) is 0 Å². The summed E-state index contributed by atoms with van der Waals surface area (Å²) in [5.74, 6) is 0. The van der Waals surface area contributed by atoms with E-state index < -0.39 is 0 Å². The molecule has 0 atom stereocenters. The lowest BCUT2D eigenvalue weighted by molar-refractivity contribution is 0.684. The molecule has 2 rings (SSSR count). The van der Waals surface area contributed by atoms with Gasteiger partial charge in [-0.2, -0.15) is 5.10 Å². The highest BCUT2D eigenvalue weighted by atomic mass is 79.9. The lowest BCUT2D eigenvalue weighted by Gasteiger charge is -2.08. The van der Waals surface area contributed by atoms with Gasteiger partial charge in [-0.05, 0) is 36.5 Å². The Labute approximate surface area is 113 Å². The minimum absolute atomic E-state index is 0.841. The molecular formula is C11H13BrN4S. The predicted octanol–water partition coefficient (Wildman–Crippen LogP) is 2.45. The first-order valence-electron chi connectivity index (χ1n) is 5.15. The van der Waals surface area contributed by atoms with E-state index in [2.05, 4.69) is 43.5 Å². The van der Waals surface area contributed by atoms with Crippen LogP contribution in [0.1, 0.15) is 5.56 Å². The van der Waals surface area contributed by atoms with Crippen molar-refractivity contribution in [2.75, 3.05) is 7.05 Å². The number of benzene rings is 1. The van der Waals surface area contributed by atoms with Crippen molar-refractivity contribution >= 4 is 27.7 Å². The van der Waals surface area contributed by atoms with Gasteiger partial charge in [-0.1, -0.05) is 22.0 Å². The van der Waals surface area contributed by atoms with Gasteiger partial charge in [0.1, 0.15) is 6.33 Å². The molecule has 17 heavy (non-hydrogen) atoms. The monoisotopic (exact) mass is 312 g/mol. The van der Waals surface area contributed by atoms with Crippen molar-refractivity contribution in [2.45, 2.75) is 16.6 Å². The van der Waals surface area contributed by atoms with Crippen LogP contribution in [-0.4, -0.2) is 21.8 Å². The molecule has 0 saturated heterocycles. The molecule has 0 amide bonds. The molecule has 0 fully saturated rings. The Morgan fingerprint density at radius 3 is 2.94 bits per heavy atom. The highest BCUT2D eigenvalue weighted by Crippen LogP contribution is 2.30. The fraction of sp³-hybridized carbons (Fsp3) is 0.273. The van der Waals surface area contributed by atoms with E-state index in [0.717, 1.165) is 16.2 Å². The van der Waals surface area contributed by atoms with Crippen molar-refractivity contribution in [3.8, 4) is 0 Å². The van der Waals surface area contributed by atoms with Crippen LogP contribution in [0.3, 0.4) is 0 Å². The first kappa shape index (κ1) is 12.6. The van der Waals surface area contributed by atoms with Gasteiger partial charge < -0.3 is 5.32 Å². The number of nitrogens with zero attached hydrogens (tertiary/aromatic N) is 3. The van der Waals surface area contributed by atoms with Gasteiger partial charge in [0.15, 0.2) is 5.16 Å². The van der Waals surface area contributed by atoms with Gasteiger partial charge in [-0.25, -0.2) is 9.67 Å². The summed E-state index contributed by atoms with van der Waals surface area (Å²) in [4.78, 5) is 5.41. The molecule has 0 aliphatic heterocycles. The summed E-state index contributed by atoms with van der Waals surface area (Å²) in [6.45, 7) is 0.841. The summed E-state index contributed by atoms with van der Waals surface area (Å²) in [5, 5.41) is 8.12. The fourth-order valence-electron chi connectivity index (χ4n) is 1.44. The van der Waals surface area contributed by atoms with Crippen LogP contribution in [0.2, 0.25) is 0 Å². The molecule has 0 spiro atoms. The molecule has 1 N–H and O–H groups in total. The third-order valence-corrected chi connectivity index (χ3v) is 3.91. The van der Waals surface area contributed by atoms with Crippen LogP contribution in [-0.2, 0) is 13.6 Å². The maximum Gasteiger partial charge on any atom is 0.190 e. The first-order chi connectivity index (χ1) is 8.20.